The third kappa shape index (κ3) is 3.86. The minimum atomic E-state index is -0.363. The summed E-state index contributed by atoms with van der Waals surface area (Å²) in [6, 6.07) is 13.3. The fourth-order valence-electron chi connectivity index (χ4n) is 4.13. The van der Waals surface area contributed by atoms with Crippen molar-refractivity contribution in [2.45, 2.75) is 6.42 Å². The van der Waals surface area contributed by atoms with Gasteiger partial charge in [0.2, 0.25) is 0 Å². The molecule has 7 nitrogen and oxygen atoms in total. The van der Waals surface area contributed by atoms with Crippen LogP contribution in [0.2, 0.25) is 0 Å². The number of imidazole rings is 2. The molecule has 0 spiro atoms. The molecule has 35 heavy (non-hydrogen) atoms. The molecule has 0 unspecified atom stereocenters. The zero-order valence-corrected chi connectivity index (χ0v) is 18.6. The van der Waals surface area contributed by atoms with E-state index in [0.717, 1.165) is 11.1 Å². The van der Waals surface area contributed by atoms with Crippen LogP contribution >= 0.6 is 0 Å². The maximum Gasteiger partial charge on any atom is 0.158 e. The zero-order chi connectivity index (χ0) is 23.9. The van der Waals surface area contributed by atoms with Crippen molar-refractivity contribution in [2.75, 3.05) is 0 Å². The molecule has 0 aliphatic rings. The molecule has 0 fully saturated rings. The molecule has 0 saturated heterocycles. The van der Waals surface area contributed by atoms with Crippen molar-refractivity contribution < 1.29 is 8.78 Å². The van der Waals surface area contributed by atoms with Gasteiger partial charge in [0.1, 0.15) is 28.8 Å². The molecular weight excluding hydrogens is 448 g/mol. The smallest absolute Gasteiger partial charge is 0.158 e. The van der Waals surface area contributed by atoms with E-state index in [4.69, 9.17) is 4.98 Å². The summed E-state index contributed by atoms with van der Waals surface area (Å²) in [6.07, 6.45) is 7.15. The van der Waals surface area contributed by atoms with E-state index in [2.05, 4.69) is 25.0 Å². The van der Waals surface area contributed by atoms with E-state index < -0.39 is 0 Å². The Morgan fingerprint density at radius 1 is 0.857 bits per heavy atom. The molecule has 2 N–H and O–H groups in total. The Morgan fingerprint density at radius 2 is 1.74 bits per heavy atom. The van der Waals surface area contributed by atoms with Gasteiger partial charge in [0.15, 0.2) is 5.65 Å². The highest BCUT2D eigenvalue weighted by Gasteiger charge is 2.15. The largest absolute Gasteiger partial charge is 0.341 e. The van der Waals surface area contributed by atoms with Gasteiger partial charge in [-0.15, -0.1) is 0 Å². The number of aromatic amines is 2. The molecule has 0 bridgehead atoms. The van der Waals surface area contributed by atoms with Crippen molar-refractivity contribution >= 4 is 11.2 Å². The van der Waals surface area contributed by atoms with Gasteiger partial charge in [-0.1, -0.05) is 24.3 Å². The van der Waals surface area contributed by atoms with Crippen LogP contribution in [0.1, 0.15) is 11.3 Å². The number of hydrogen-bond acceptors (Lipinski definition) is 4. The normalized spacial score (nSPS) is 11.4. The van der Waals surface area contributed by atoms with Crippen LogP contribution in [0.3, 0.4) is 0 Å². The topological polar surface area (TPSA) is 88.1 Å². The monoisotopic (exact) mass is 467 g/mol. The fraction of sp³-hybridized carbons (Fsp3) is 0.0769. The Bertz CT molecular complexity index is 1680. The second-order valence-corrected chi connectivity index (χ2v) is 8.26. The molecule has 0 radical (unpaired) electrons. The number of H-pyrrole nitrogens is 2. The van der Waals surface area contributed by atoms with Crippen molar-refractivity contribution in [2.24, 2.45) is 7.05 Å². The SMILES string of the molecule is Cn1cc(-c2nc3c(-c4ccc(Cc5cnc(-c6ccccc6F)[nH]5)c(F)c4)ccnc3[nH]2)cn1. The number of aromatic nitrogens is 7. The summed E-state index contributed by atoms with van der Waals surface area (Å²) in [4.78, 5) is 19.6. The molecule has 4 aromatic heterocycles. The van der Waals surface area contributed by atoms with Crippen LogP contribution in [0.15, 0.2) is 73.3 Å². The van der Waals surface area contributed by atoms with Crippen LogP contribution in [-0.2, 0) is 13.5 Å². The summed E-state index contributed by atoms with van der Waals surface area (Å²) in [5, 5.41) is 4.18. The fourth-order valence-corrected chi connectivity index (χ4v) is 4.13. The molecule has 0 aliphatic carbocycles. The van der Waals surface area contributed by atoms with E-state index >= 15 is 4.39 Å². The minimum absolute atomic E-state index is 0.298. The first kappa shape index (κ1) is 20.9. The molecule has 6 aromatic rings. The highest BCUT2D eigenvalue weighted by molar-refractivity contribution is 5.91. The Balaban J connectivity index is 1.30. The number of rotatable bonds is 5. The van der Waals surface area contributed by atoms with E-state index in [1.165, 1.54) is 12.1 Å². The molecule has 6 rings (SSSR count). The predicted molar refractivity (Wildman–Crippen MR) is 128 cm³/mol. The molecule has 0 aliphatic heterocycles. The first-order valence-electron chi connectivity index (χ1n) is 11.0. The van der Waals surface area contributed by atoms with Crippen LogP contribution in [0, 0.1) is 11.6 Å². The highest BCUT2D eigenvalue weighted by atomic mass is 19.1. The third-order valence-electron chi connectivity index (χ3n) is 5.87. The molecule has 0 saturated carbocycles. The molecule has 0 atom stereocenters. The first-order valence-corrected chi connectivity index (χ1v) is 11.0. The standard InChI is InChI=1S/C26H19F2N7/c1-35-14-17(12-31-35)24-33-23-19(8-9-29-26(23)34-24)15-6-7-16(22(28)11-15)10-18-13-30-25(32-18)20-4-2-3-5-21(20)27/h2-9,11-14H,10H2,1H3,(H,30,32)(H,29,33,34). The summed E-state index contributed by atoms with van der Waals surface area (Å²) in [7, 11) is 1.84. The highest BCUT2D eigenvalue weighted by Crippen LogP contribution is 2.30. The Morgan fingerprint density at radius 3 is 2.54 bits per heavy atom. The van der Waals surface area contributed by atoms with Gasteiger partial charge < -0.3 is 9.97 Å². The maximum atomic E-state index is 15.1. The summed E-state index contributed by atoms with van der Waals surface area (Å²) in [5.41, 5.74) is 5.14. The Hall–Kier alpha value is -4.66. The van der Waals surface area contributed by atoms with Crippen LogP contribution in [0.5, 0.6) is 0 Å². The summed E-state index contributed by atoms with van der Waals surface area (Å²) in [5.74, 6) is 0.350. The average Bonchev–Trinajstić information content (AvgIpc) is 3.60. The van der Waals surface area contributed by atoms with Gasteiger partial charge in [-0.3, -0.25) is 4.68 Å². The van der Waals surface area contributed by atoms with Gasteiger partial charge in [-0.2, -0.15) is 5.10 Å². The van der Waals surface area contributed by atoms with Gasteiger partial charge in [0.25, 0.3) is 0 Å². The molecule has 4 heterocycles. The van der Waals surface area contributed by atoms with Gasteiger partial charge in [0, 0.05) is 43.3 Å². The minimum Gasteiger partial charge on any atom is -0.341 e. The van der Waals surface area contributed by atoms with Crippen LogP contribution < -0.4 is 0 Å². The number of benzene rings is 2. The summed E-state index contributed by atoms with van der Waals surface area (Å²) in [6.45, 7) is 0. The van der Waals surface area contributed by atoms with Crippen molar-refractivity contribution in [1.29, 1.82) is 0 Å². The van der Waals surface area contributed by atoms with E-state index in [-0.39, 0.29) is 11.6 Å². The lowest BCUT2D eigenvalue weighted by Gasteiger charge is -2.06. The van der Waals surface area contributed by atoms with E-state index in [1.807, 2.05) is 25.4 Å². The first-order chi connectivity index (χ1) is 17.0. The number of fused-ring (bicyclic) bond motifs is 1. The van der Waals surface area contributed by atoms with Crippen molar-refractivity contribution in [3.8, 4) is 33.9 Å². The molecule has 2 aromatic carbocycles. The third-order valence-corrected chi connectivity index (χ3v) is 5.87. The van der Waals surface area contributed by atoms with Crippen molar-refractivity contribution in [3.63, 3.8) is 0 Å². The van der Waals surface area contributed by atoms with E-state index in [0.29, 0.717) is 51.6 Å². The number of nitrogens with zero attached hydrogens (tertiary/aromatic N) is 5. The lowest BCUT2D eigenvalue weighted by atomic mass is 10.0. The lowest BCUT2D eigenvalue weighted by Crippen LogP contribution is -1.95. The zero-order valence-electron chi connectivity index (χ0n) is 18.6. The number of halogens is 2. The Kier molecular flexibility index (Phi) is 4.95. The van der Waals surface area contributed by atoms with E-state index in [1.54, 1.807) is 47.5 Å². The van der Waals surface area contributed by atoms with Crippen molar-refractivity contribution in [3.05, 3.63) is 96.2 Å². The van der Waals surface area contributed by atoms with Crippen LogP contribution in [-0.4, -0.2) is 34.7 Å². The Labute approximate surface area is 198 Å². The molecular formula is C26H19F2N7. The molecule has 172 valence electrons. The average molecular weight is 467 g/mol. The second kappa shape index (κ2) is 8.28. The molecule has 9 heteroatoms. The number of nitrogens with one attached hydrogen (secondary N) is 2. The number of aryl methyl sites for hydroxylation is 1. The summed E-state index contributed by atoms with van der Waals surface area (Å²) >= 11 is 0. The number of pyridine rings is 1. The van der Waals surface area contributed by atoms with Gasteiger partial charge in [-0.25, -0.2) is 23.7 Å². The maximum absolute atomic E-state index is 15.1. The van der Waals surface area contributed by atoms with E-state index in [9.17, 15) is 4.39 Å². The summed E-state index contributed by atoms with van der Waals surface area (Å²) < 4.78 is 30.9. The molecule has 0 amide bonds. The van der Waals surface area contributed by atoms with Gasteiger partial charge in [-0.05, 0) is 35.4 Å². The quantitative estimate of drug-likeness (QED) is 0.361. The lowest BCUT2D eigenvalue weighted by molar-refractivity contribution is 0.614. The predicted octanol–water partition coefficient (Wildman–Crippen LogP) is 5.28. The van der Waals surface area contributed by atoms with Crippen LogP contribution in [0.4, 0.5) is 8.78 Å². The van der Waals surface area contributed by atoms with Gasteiger partial charge >= 0.3 is 0 Å². The second-order valence-electron chi connectivity index (χ2n) is 8.26. The van der Waals surface area contributed by atoms with Crippen molar-refractivity contribution in [1.82, 2.24) is 34.7 Å². The number of hydrogen-bond donors (Lipinski definition) is 2. The van der Waals surface area contributed by atoms with Crippen LogP contribution in [0.25, 0.3) is 45.1 Å². The van der Waals surface area contributed by atoms with Gasteiger partial charge in [0.05, 0.1) is 17.3 Å².